The van der Waals surface area contributed by atoms with Gasteiger partial charge in [0.15, 0.2) is 0 Å². The fraction of sp³-hybridized carbons (Fsp3) is 0.500. The predicted octanol–water partition coefficient (Wildman–Crippen LogP) is 2.87. The first-order valence-electron chi connectivity index (χ1n) is 6.61. The molecule has 0 aromatic heterocycles. The Balaban J connectivity index is 2.44. The molecular formula is C14H21N3O4. The highest BCUT2D eigenvalue weighted by atomic mass is 16.6. The van der Waals surface area contributed by atoms with Crippen molar-refractivity contribution in [2.45, 2.75) is 26.4 Å². The molecule has 0 aliphatic heterocycles. The lowest BCUT2D eigenvalue weighted by atomic mass is 10.2. The van der Waals surface area contributed by atoms with Gasteiger partial charge in [-0.25, -0.2) is 4.79 Å². The van der Waals surface area contributed by atoms with E-state index in [-0.39, 0.29) is 5.69 Å². The third kappa shape index (κ3) is 6.11. The van der Waals surface area contributed by atoms with Gasteiger partial charge in [0.05, 0.1) is 4.92 Å². The molecule has 0 unspecified atom stereocenters. The van der Waals surface area contributed by atoms with Crippen LogP contribution in [0.5, 0.6) is 0 Å². The quantitative estimate of drug-likeness (QED) is 0.667. The number of benzene rings is 1. The summed E-state index contributed by atoms with van der Waals surface area (Å²) >= 11 is 0. The van der Waals surface area contributed by atoms with E-state index in [9.17, 15) is 14.9 Å². The van der Waals surface area contributed by atoms with Gasteiger partial charge in [0.1, 0.15) is 5.60 Å². The SMILES string of the molecule is CN(CCNc1cccc([N+](=O)[O-])c1)C(=O)OC(C)(C)C. The summed E-state index contributed by atoms with van der Waals surface area (Å²) in [6.07, 6.45) is -0.400. The number of nitrogens with zero attached hydrogens (tertiary/aromatic N) is 2. The lowest BCUT2D eigenvalue weighted by Gasteiger charge is -2.24. The van der Waals surface area contributed by atoms with Crippen molar-refractivity contribution in [3.63, 3.8) is 0 Å². The standard InChI is InChI=1S/C14H21N3O4/c1-14(2,3)21-13(18)16(4)9-8-15-11-6-5-7-12(10-11)17(19)20/h5-7,10,15H,8-9H2,1-4H3. The molecule has 1 aromatic carbocycles. The molecule has 0 aliphatic carbocycles. The zero-order valence-corrected chi connectivity index (χ0v) is 12.8. The number of carbonyl (C=O) groups excluding carboxylic acids is 1. The van der Waals surface area contributed by atoms with Gasteiger partial charge in [-0.3, -0.25) is 10.1 Å². The molecule has 1 N–H and O–H groups in total. The van der Waals surface area contributed by atoms with Crippen molar-refractivity contribution in [2.75, 3.05) is 25.5 Å². The second-order valence-electron chi connectivity index (χ2n) is 5.64. The van der Waals surface area contributed by atoms with E-state index in [2.05, 4.69) is 5.32 Å². The molecule has 0 saturated carbocycles. The van der Waals surface area contributed by atoms with Crippen molar-refractivity contribution in [2.24, 2.45) is 0 Å². The maximum atomic E-state index is 11.7. The normalized spacial score (nSPS) is 10.9. The summed E-state index contributed by atoms with van der Waals surface area (Å²) in [5.41, 5.74) is 0.140. The number of non-ortho nitro benzene ring substituents is 1. The van der Waals surface area contributed by atoms with Gasteiger partial charge in [-0.2, -0.15) is 0 Å². The van der Waals surface area contributed by atoms with Gasteiger partial charge in [0, 0.05) is 38.0 Å². The zero-order chi connectivity index (χ0) is 16.0. The Morgan fingerprint density at radius 2 is 2.10 bits per heavy atom. The molecule has 1 rings (SSSR count). The van der Waals surface area contributed by atoms with Crippen molar-refractivity contribution in [3.8, 4) is 0 Å². The van der Waals surface area contributed by atoms with E-state index in [4.69, 9.17) is 4.74 Å². The molecule has 21 heavy (non-hydrogen) atoms. The Hall–Kier alpha value is -2.31. The Bertz CT molecular complexity index is 511. The number of anilines is 1. The molecule has 1 aromatic rings. The lowest BCUT2D eigenvalue weighted by molar-refractivity contribution is -0.384. The van der Waals surface area contributed by atoms with Gasteiger partial charge in [0.25, 0.3) is 5.69 Å². The van der Waals surface area contributed by atoms with Crippen LogP contribution < -0.4 is 5.32 Å². The van der Waals surface area contributed by atoms with E-state index in [1.807, 2.05) is 0 Å². The molecule has 7 nitrogen and oxygen atoms in total. The maximum Gasteiger partial charge on any atom is 0.410 e. The minimum Gasteiger partial charge on any atom is -0.444 e. The van der Waals surface area contributed by atoms with Crippen LogP contribution in [0.25, 0.3) is 0 Å². The van der Waals surface area contributed by atoms with Crippen molar-refractivity contribution in [1.29, 1.82) is 0 Å². The van der Waals surface area contributed by atoms with Crippen LogP contribution in [0.2, 0.25) is 0 Å². The molecule has 0 bridgehead atoms. The fourth-order valence-corrected chi connectivity index (χ4v) is 1.53. The number of nitrogens with one attached hydrogen (secondary N) is 1. The van der Waals surface area contributed by atoms with Gasteiger partial charge in [0.2, 0.25) is 0 Å². The zero-order valence-electron chi connectivity index (χ0n) is 12.8. The molecule has 7 heteroatoms. The maximum absolute atomic E-state index is 11.7. The molecule has 0 heterocycles. The van der Waals surface area contributed by atoms with Gasteiger partial charge in [-0.05, 0) is 26.8 Å². The van der Waals surface area contributed by atoms with Gasteiger partial charge >= 0.3 is 6.09 Å². The predicted molar refractivity (Wildman–Crippen MR) is 80.5 cm³/mol. The minimum atomic E-state index is -0.529. The molecule has 116 valence electrons. The molecular weight excluding hydrogens is 274 g/mol. The second-order valence-corrected chi connectivity index (χ2v) is 5.64. The topological polar surface area (TPSA) is 84.7 Å². The number of rotatable bonds is 5. The molecule has 0 atom stereocenters. The Morgan fingerprint density at radius 1 is 1.43 bits per heavy atom. The molecule has 0 saturated heterocycles. The first-order chi connectivity index (χ1) is 9.69. The Labute approximate surface area is 124 Å². The highest BCUT2D eigenvalue weighted by molar-refractivity contribution is 5.67. The summed E-state index contributed by atoms with van der Waals surface area (Å²) in [7, 11) is 1.64. The summed E-state index contributed by atoms with van der Waals surface area (Å²) in [6.45, 7) is 6.31. The third-order valence-corrected chi connectivity index (χ3v) is 2.54. The summed E-state index contributed by atoms with van der Waals surface area (Å²) in [4.78, 5) is 23.4. The molecule has 0 fully saturated rings. The Morgan fingerprint density at radius 3 is 2.67 bits per heavy atom. The Kier molecular flexibility index (Phi) is 5.52. The van der Waals surface area contributed by atoms with Crippen LogP contribution in [0.15, 0.2) is 24.3 Å². The monoisotopic (exact) mass is 295 g/mol. The first kappa shape index (κ1) is 16.7. The van der Waals surface area contributed by atoms with Crippen LogP contribution >= 0.6 is 0 Å². The number of nitro benzene ring substituents is 1. The van der Waals surface area contributed by atoms with Crippen LogP contribution in [-0.2, 0) is 4.74 Å². The highest BCUT2D eigenvalue weighted by Crippen LogP contribution is 2.16. The number of hydrogen-bond donors (Lipinski definition) is 1. The first-order valence-corrected chi connectivity index (χ1v) is 6.61. The summed E-state index contributed by atoms with van der Waals surface area (Å²) < 4.78 is 5.22. The molecule has 0 aliphatic rings. The summed E-state index contributed by atoms with van der Waals surface area (Å²) in [5.74, 6) is 0. The van der Waals surface area contributed by atoms with Crippen molar-refractivity contribution in [1.82, 2.24) is 4.90 Å². The number of hydrogen-bond acceptors (Lipinski definition) is 5. The van der Waals surface area contributed by atoms with Gasteiger partial charge in [-0.1, -0.05) is 6.07 Å². The van der Waals surface area contributed by atoms with Gasteiger partial charge in [-0.15, -0.1) is 0 Å². The summed E-state index contributed by atoms with van der Waals surface area (Å²) in [5, 5.41) is 13.7. The molecule has 1 amide bonds. The fourth-order valence-electron chi connectivity index (χ4n) is 1.53. The van der Waals surface area contributed by atoms with E-state index >= 15 is 0 Å². The average Bonchev–Trinajstić information content (AvgIpc) is 2.37. The van der Waals surface area contributed by atoms with Crippen LogP contribution in [0, 0.1) is 10.1 Å². The van der Waals surface area contributed by atoms with Crippen molar-refractivity contribution in [3.05, 3.63) is 34.4 Å². The number of carbonyl (C=O) groups is 1. The lowest BCUT2D eigenvalue weighted by Crippen LogP contribution is -2.36. The van der Waals surface area contributed by atoms with E-state index in [0.29, 0.717) is 18.8 Å². The molecule has 0 spiro atoms. The summed E-state index contributed by atoms with van der Waals surface area (Å²) in [6, 6.07) is 6.23. The number of ether oxygens (including phenoxy) is 1. The second kappa shape index (κ2) is 6.92. The van der Waals surface area contributed by atoms with Crippen LogP contribution in [0.4, 0.5) is 16.2 Å². The van der Waals surface area contributed by atoms with E-state index in [1.165, 1.54) is 17.0 Å². The van der Waals surface area contributed by atoms with Crippen LogP contribution in [0.1, 0.15) is 20.8 Å². The largest absolute Gasteiger partial charge is 0.444 e. The highest BCUT2D eigenvalue weighted by Gasteiger charge is 2.19. The smallest absolute Gasteiger partial charge is 0.410 e. The van der Waals surface area contributed by atoms with Crippen molar-refractivity contribution >= 4 is 17.5 Å². The van der Waals surface area contributed by atoms with E-state index in [1.54, 1.807) is 40.0 Å². The average molecular weight is 295 g/mol. The van der Waals surface area contributed by atoms with Gasteiger partial charge < -0.3 is 15.0 Å². The number of likely N-dealkylation sites (N-methyl/N-ethyl adjacent to an activating group) is 1. The van der Waals surface area contributed by atoms with E-state index < -0.39 is 16.6 Å². The minimum absolute atomic E-state index is 0.0282. The van der Waals surface area contributed by atoms with E-state index in [0.717, 1.165) is 0 Å². The third-order valence-electron chi connectivity index (χ3n) is 2.54. The van der Waals surface area contributed by atoms with Crippen molar-refractivity contribution < 1.29 is 14.5 Å². The van der Waals surface area contributed by atoms with Crippen LogP contribution in [0.3, 0.4) is 0 Å². The number of amides is 1. The number of nitro groups is 1. The molecule has 0 radical (unpaired) electrons. The van der Waals surface area contributed by atoms with Crippen LogP contribution in [-0.4, -0.2) is 41.7 Å².